The van der Waals surface area contributed by atoms with Crippen molar-refractivity contribution in [2.75, 3.05) is 0 Å². The lowest BCUT2D eigenvalue weighted by Crippen LogP contribution is -2.42. The summed E-state index contributed by atoms with van der Waals surface area (Å²) in [7, 11) is 0. The van der Waals surface area contributed by atoms with E-state index in [1.165, 1.54) is 0 Å². The molecule has 0 heterocycles. The molecule has 2 rings (SSSR count). The van der Waals surface area contributed by atoms with E-state index in [4.69, 9.17) is 0 Å². The van der Waals surface area contributed by atoms with Crippen LogP contribution in [0.1, 0.15) is 49.5 Å². The lowest BCUT2D eigenvalue weighted by atomic mass is 9.92. The number of rotatable bonds is 3. The normalized spacial score (nSPS) is 16.8. The Morgan fingerprint density at radius 3 is 2.26 bits per heavy atom. The Labute approximate surface area is 112 Å². The predicted octanol–water partition coefficient (Wildman–Crippen LogP) is 2.54. The van der Waals surface area contributed by atoms with Gasteiger partial charge in [-0.1, -0.05) is 39.0 Å². The summed E-state index contributed by atoms with van der Waals surface area (Å²) in [5.74, 6) is -1.00. The van der Waals surface area contributed by atoms with Crippen molar-refractivity contribution in [2.45, 2.75) is 39.2 Å². The van der Waals surface area contributed by atoms with Gasteiger partial charge in [-0.2, -0.15) is 0 Å². The van der Waals surface area contributed by atoms with Gasteiger partial charge in [-0.25, -0.2) is 4.79 Å². The molecule has 0 saturated heterocycles. The number of nitrogens with one attached hydrogen (secondary N) is 1. The van der Waals surface area contributed by atoms with Crippen LogP contribution in [0, 0.1) is 5.41 Å². The quantitative estimate of drug-likeness (QED) is 0.878. The fraction of sp³-hybridized carbons (Fsp3) is 0.467. The van der Waals surface area contributed by atoms with Gasteiger partial charge in [0.05, 0.1) is 11.1 Å². The minimum absolute atomic E-state index is 0.0507. The highest BCUT2D eigenvalue weighted by Gasteiger charge is 2.48. The van der Waals surface area contributed by atoms with E-state index >= 15 is 0 Å². The van der Waals surface area contributed by atoms with Gasteiger partial charge in [-0.05, 0) is 24.5 Å². The largest absolute Gasteiger partial charge is 0.478 e. The van der Waals surface area contributed by atoms with Crippen molar-refractivity contribution in [3.63, 3.8) is 0 Å². The standard InChI is InChI=1S/C15H19NO3/c1-14(2,3)13(19)16-15(8-9-15)11-7-5-4-6-10(11)12(17)18/h4-7H,8-9H2,1-3H3,(H,16,19)(H,17,18). The molecule has 1 aromatic carbocycles. The number of amides is 1. The van der Waals surface area contributed by atoms with Gasteiger partial charge in [-0.15, -0.1) is 0 Å². The zero-order valence-electron chi connectivity index (χ0n) is 11.5. The number of aromatic carboxylic acids is 1. The van der Waals surface area contributed by atoms with Gasteiger partial charge in [-0.3, -0.25) is 4.79 Å². The Hall–Kier alpha value is -1.84. The third-order valence-electron chi connectivity index (χ3n) is 3.46. The van der Waals surface area contributed by atoms with Crippen LogP contribution in [0.2, 0.25) is 0 Å². The monoisotopic (exact) mass is 261 g/mol. The van der Waals surface area contributed by atoms with E-state index in [0.29, 0.717) is 5.56 Å². The first-order chi connectivity index (χ1) is 8.76. The smallest absolute Gasteiger partial charge is 0.336 e. The summed E-state index contributed by atoms with van der Waals surface area (Å²) < 4.78 is 0. The number of carboxylic acids is 1. The molecule has 0 spiro atoms. The molecule has 4 heteroatoms. The SMILES string of the molecule is CC(C)(C)C(=O)NC1(c2ccccc2C(=O)O)CC1. The maximum absolute atomic E-state index is 12.1. The highest BCUT2D eigenvalue weighted by Crippen LogP contribution is 2.47. The summed E-state index contributed by atoms with van der Waals surface area (Å²) in [6, 6.07) is 6.89. The topological polar surface area (TPSA) is 66.4 Å². The fourth-order valence-corrected chi connectivity index (χ4v) is 2.08. The van der Waals surface area contributed by atoms with Crippen LogP contribution in [-0.4, -0.2) is 17.0 Å². The lowest BCUT2D eigenvalue weighted by Gasteiger charge is -2.25. The molecular weight excluding hydrogens is 242 g/mol. The van der Waals surface area contributed by atoms with Gasteiger partial charge in [0, 0.05) is 5.41 Å². The van der Waals surface area contributed by atoms with Crippen LogP contribution in [0.4, 0.5) is 0 Å². The van der Waals surface area contributed by atoms with Crippen molar-refractivity contribution >= 4 is 11.9 Å². The second-order valence-electron chi connectivity index (χ2n) is 6.14. The van der Waals surface area contributed by atoms with E-state index in [1.807, 2.05) is 26.8 Å². The molecule has 2 N–H and O–H groups in total. The van der Waals surface area contributed by atoms with Gasteiger partial charge >= 0.3 is 5.97 Å². The molecule has 0 radical (unpaired) electrons. The first-order valence-electron chi connectivity index (χ1n) is 6.42. The predicted molar refractivity (Wildman–Crippen MR) is 71.9 cm³/mol. The zero-order valence-corrected chi connectivity index (χ0v) is 11.5. The minimum Gasteiger partial charge on any atom is -0.478 e. The molecule has 0 atom stereocenters. The molecule has 1 aromatic rings. The van der Waals surface area contributed by atoms with Crippen molar-refractivity contribution in [1.82, 2.24) is 5.32 Å². The molecule has 1 aliphatic rings. The Bertz CT molecular complexity index is 524. The number of carboxylic acid groups (broad SMARTS) is 1. The first kappa shape index (κ1) is 13.6. The number of hydrogen-bond acceptors (Lipinski definition) is 2. The number of carbonyl (C=O) groups excluding carboxylic acids is 1. The van der Waals surface area contributed by atoms with E-state index in [0.717, 1.165) is 12.8 Å². The summed E-state index contributed by atoms with van der Waals surface area (Å²) in [4.78, 5) is 23.4. The highest BCUT2D eigenvalue weighted by molar-refractivity contribution is 5.91. The molecule has 4 nitrogen and oxygen atoms in total. The Balaban J connectivity index is 2.32. The van der Waals surface area contributed by atoms with E-state index in [-0.39, 0.29) is 11.5 Å². The zero-order chi connectivity index (χ0) is 14.3. The lowest BCUT2D eigenvalue weighted by molar-refractivity contribution is -0.129. The van der Waals surface area contributed by atoms with E-state index in [9.17, 15) is 14.7 Å². The Morgan fingerprint density at radius 2 is 1.79 bits per heavy atom. The second-order valence-corrected chi connectivity index (χ2v) is 6.14. The highest BCUT2D eigenvalue weighted by atomic mass is 16.4. The molecule has 0 aromatic heterocycles. The Kier molecular flexibility index (Phi) is 3.12. The maximum Gasteiger partial charge on any atom is 0.336 e. The van der Waals surface area contributed by atoms with Crippen molar-refractivity contribution < 1.29 is 14.7 Å². The average Bonchev–Trinajstić information content (AvgIpc) is 3.08. The summed E-state index contributed by atoms with van der Waals surface area (Å²) in [5, 5.41) is 12.3. The fourth-order valence-electron chi connectivity index (χ4n) is 2.08. The summed E-state index contributed by atoms with van der Waals surface area (Å²) in [6.07, 6.45) is 1.58. The van der Waals surface area contributed by atoms with Gasteiger partial charge in [0.1, 0.15) is 0 Å². The molecule has 19 heavy (non-hydrogen) atoms. The third-order valence-corrected chi connectivity index (χ3v) is 3.46. The number of benzene rings is 1. The molecule has 0 unspecified atom stereocenters. The van der Waals surface area contributed by atoms with Gasteiger partial charge in [0.15, 0.2) is 0 Å². The molecule has 1 fully saturated rings. The molecule has 1 saturated carbocycles. The molecule has 1 amide bonds. The van der Waals surface area contributed by atoms with Gasteiger partial charge < -0.3 is 10.4 Å². The van der Waals surface area contributed by atoms with Crippen LogP contribution >= 0.6 is 0 Å². The summed E-state index contributed by atoms with van der Waals surface area (Å²) >= 11 is 0. The molecule has 102 valence electrons. The third kappa shape index (κ3) is 2.62. The van der Waals surface area contributed by atoms with Crippen LogP contribution in [0.15, 0.2) is 24.3 Å². The molecule has 0 aliphatic heterocycles. The van der Waals surface area contributed by atoms with Crippen LogP contribution < -0.4 is 5.32 Å². The van der Waals surface area contributed by atoms with Crippen molar-refractivity contribution in [1.29, 1.82) is 0 Å². The molecule has 1 aliphatic carbocycles. The number of carbonyl (C=O) groups is 2. The van der Waals surface area contributed by atoms with Crippen LogP contribution in [0.5, 0.6) is 0 Å². The maximum atomic E-state index is 12.1. The minimum atomic E-state index is -0.952. The van der Waals surface area contributed by atoms with Crippen LogP contribution in [-0.2, 0) is 10.3 Å². The van der Waals surface area contributed by atoms with Crippen LogP contribution in [0.3, 0.4) is 0 Å². The second kappa shape index (κ2) is 4.37. The summed E-state index contributed by atoms with van der Waals surface area (Å²) in [5.41, 5.74) is 0.0157. The van der Waals surface area contributed by atoms with Gasteiger partial charge in [0.2, 0.25) is 5.91 Å². The molecular formula is C15H19NO3. The van der Waals surface area contributed by atoms with Crippen molar-refractivity contribution in [3.8, 4) is 0 Å². The van der Waals surface area contributed by atoms with Crippen molar-refractivity contribution in [3.05, 3.63) is 35.4 Å². The number of hydrogen-bond donors (Lipinski definition) is 2. The first-order valence-corrected chi connectivity index (χ1v) is 6.42. The van der Waals surface area contributed by atoms with Crippen LogP contribution in [0.25, 0.3) is 0 Å². The Morgan fingerprint density at radius 1 is 1.21 bits per heavy atom. The van der Waals surface area contributed by atoms with E-state index in [2.05, 4.69) is 5.32 Å². The van der Waals surface area contributed by atoms with E-state index < -0.39 is 16.9 Å². The van der Waals surface area contributed by atoms with E-state index in [1.54, 1.807) is 18.2 Å². The summed E-state index contributed by atoms with van der Waals surface area (Å²) in [6.45, 7) is 5.55. The van der Waals surface area contributed by atoms with Gasteiger partial charge in [0.25, 0.3) is 0 Å². The molecule has 0 bridgehead atoms. The van der Waals surface area contributed by atoms with Crippen molar-refractivity contribution in [2.24, 2.45) is 5.41 Å². The average molecular weight is 261 g/mol.